The van der Waals surface area contributed by atoms with Crippen LogP contribution in [0.15, 0.2) is 48.5 Å². The zero-order valence-corrected chi connectivity index (χ0v) is 16.3. The maximum Gasteiger partial charge on any atom is 0.321 e. The first-order valence-electron chi connectivity index (χ1n) is 9.52. The van der Waals surface area contributed by atoms with Crippen molar-refractivity contribution in [3.63, 3.8) is 0 Å². The van der Waals surface area contributed by atoms with Crippen LogP contribution in [0, 0.1) is 18.2 Å². The second kappa shape index (κ2) is 8.42. The van der Waals surface area contributed by atoms with E-state index in [9.17, 15) is 14.0 Å². The Morgan fingerprint density at radius 2 is 1.93 bits per heavy atom. The van der Waals surface area contributed by atoms with Crippen LogP contribution in [0.1, 0.15) is 30.9 Å². The summed E-state index contributed by atoms with van der Waals surface area (Å²) in [5.74, 6) is -0.420. The SMILES string of the molecule is Cc1ccc(NC(=O)N2CCC[C@](C)(C(=O)NCc3ccccc3)C2)cc1F. The Kier molecular flexibility index (Phi) is 5.97. The summed E-state index contributed by atoms with van der Waals surface area (Å²) >= 11 is 0. The molecule has 1 aliphatic rings. The molecule has 28 heavy (non-hydrogen) atoms. The monoisotopic (exact) mass is 383 g/mol. The van der Waals surface area contributed by atoms with Gasteiger partial charge in [-0.2, -0.15) is 0 Å². The van der Waals surface area contributed by atoms with Gasteiger partial charge in [0.2, 0.25) is 5.91 Å². The number of hydrogen-bond acceptors (Lipinski definition) is 2. The maximum absolute atomic E-state index is 13.7. The van der Waals surface area contributed by atoms with Gasteiger partial charge in [-0.15, -0.1) is 0 Å². The first-order valence-corrected chi connectivity index (χ1v) is 9.52. The molecule has 0 aromatic heterocycles. The fraction of sp³-hybridized carbons (Fsp3) is 0.364. The molecule has 2 N–H and O–H groups in total. The van der Waals surface area contributed by atoms with Crippen LogP contribution in [-0.4, -0.2) is 29.9 Å². The molecule has 1 heterocycles. The van der Waals surface area contributed by atoms with Crippen LogP contribution in [0.3, 0.4) is 0 Å². The molecule has 148 valence electrons. The van der Waals surface area contributed by atoms with Crippen molar-refractivity contribution in [1.82, 2.24) is 10.2 Å². The summed E-state index contributed by atoms with van der Waals surface area (Å²) in [7, 11) is 0. The van der Waals surface area contributed by atoms with Crippen molar-refractivity contribution in [2.75, 3.05) is 18.4 Å². The fourth-order valence-electron chi connectivity index (χ4n) is 3.46. The number of aryl methyl sites for hydroxylation is 1. The third-order valence-corrected chi connectivity index (χ3v) is 5.25. The summed E-state index contributed by atoms with van der Waals surface area (Å²) < 4.78 is 13.7. The number of rotatable bonds is 4. The van der Waals surface area contributed by atoms with E-state index >= 15 is 0 Å². The molecular weight excluding hydrogens is 357 g/mol. The zero-order chi connectivity index (χ0) is 20.1. The molecule has 0 saturated carbocycles. The van der Waals surface area contributed by atoms with Gasteiger partial charge in [-0.05, 0) is 49.9 Å². The molecule has 3 rings (SSSR count). The minimum absolute atomic E-state index is 0.0600. The highest BCUT2D eigenvalue weighted by atomic mass is 19.1. The molecule has 2 aromatic rings. The summed E-state index contributed by atoms with van der Waals surface area (Å²) in [5, 5.41) is 5.71. The van der Waals surface area contributed by atoms with E-state index in [1.807, 2.05) is 37.3 Å². The number of carbonyl (C=O) groups is 2. The molecule has 5 nitrogen and oxygen atoms in total. The minimum Gasteiger partial charge on any atom is -0.351 e. The van der Waals surface area contributed by atoms with Gasteiger partial charge in [0.25, 0.3) is 0 Å². The van der Waals surface area contributed by atoms with Gasteiger partial charge in [0.1, 0.15) is 5.82 Å². The Morgan fingerprint density at radius 3 is 2.64 bits per heavy atom. The molecule has 3 amide bonds. The predicted molar refractivity (Wildman–Crippen MR) is 107 cm³/mol. The zero-order valence-electron chi connectivity index (χ0n) is 16.3. The highest BCUT2D eigenvalue weighted by Crippen LogP contribution is 2.30. The lowest BCUT2D eigenvalue weighted by Crippen LogP contribution is -2.52. The topological polar surface area (TPSA) is 61.4 Å². The van der Waals surface area contributed by atoms with Crippen LogP contribution in [0.5, 0.6) is 0 Å². The summed E-state index contributed by atoms with van der Waals surface area (Å²) in [6.07, 6.45) is 1.46. The minimum atomic E-state index is -0.650. The molecular formula is C22H26FN3O2. The molecule has 1 atom stereocenters. The number of carbonyl (C=O) groups excluding carboxylic acids is 2. The molecule has 0 radical (unpaired) electrons. The van der Waals surface area contributed by atoms with Gasteiger partial charge in [-0.3, -0.25) is 4.79 Å². The Labute approximate surface area is 164 Å². The normalized spacial score (nSPS) is 19.2. The second-order valence-electron chi connectivity index (χ2n) is 7.65. The number of amides is 3. The van der Waals surface area contributed by atoms with Gasteiger partial charge >= 0.3 is 6.03 Å². The van der Waals surface area contributed by atoms with Crippen molar-refractivity contribution in [3.05, 3.63) is 65.5 Å². The Balaban J connectivity index is 1.60. The number of likely N-dealkylation sites (tertiary alicyclic amines) is 1. The molecule has 0 spiro atoms. The van der Waals surface area contributed by atoms with Gasteiger partial charge in [0, 0.05) is 25.3 Å². The Bertz CT molecular complexity index is 856. The quantitative estimate of drug-likeness (QED) is 0.836. The van der Waals surface area contributed by atoms with E-state index in [2.05, 4.69) is 10.6 Å². The van der Waals surface area contributed by atoms with Crippen molar-refractivity contribution in [2.24, 2.45) is 5.41 Å². The van der Waals surface area contributed by atoms with Crippen molar-refractivity contribution >= 4 is 17.6 Å². The fourth-order valence-corrected chi connectivity index (χ4v) is 3.46. The summed E-state index contributed by atoms with van der Waals surface area (Å²) in [4.78, 5) is 27.0. The number of hydrogen-bond donors (Lipinski definition) is 2. The number of halogens is 1. The van der Waals surface area contributed by atoms with Gasteiger partial charge in [0.15, 0.2) is 0 Å². The molecule has 0 aliphatic carbocycles. The van der Waals surface area contributed by atoms with E-state index < -0.39 is 5.41 Å². The van der Waals surface area contributed by atoms with Gasteiger partial charge < -0.3 is 15.5 Å². The lowest BCUT2D eigenvalue weighted by Gasteiger charge is -2.39. The van der Waals surface area contributed by atoms with Crippen LogP contribution < -0.4 is 10.6 Å². The number of piperidine rings is 1. The van der Waals surface area contributed by atoms with Crippen molar-refractivity contribution < 1.29 is 14.0 Å². The molecule has 2 aromatic carbocycles. The molecule has 1 saturated heterocycles. The number of urea groups is 1. The first kappa shape index (κ1) is 19.9. The lowest BCUT2D eigenvalue weighted by molar-refractivity contribution is -0.132. The number of nitrogens with zero attached hydrogens (tertiary/aromatic N) is 1. The van der Waals surface area contributed by atoms with Crippen molar-refractivity contribution in [2.45, 2.75) is 33.2 Å². The van der Waals surface area contributed by atoms with Crippen molar-refractivity contribution in [1.29, 1.82) is 0 Å². The Hall–Kier alpha value is -2.89. The van der Waals surface area contributed by atoms with Gasteiger partial charge in [0.05, 0.1) is 5.41 Å². The third kappa shape index (κ3) is 4.68. The van der Waals surface area contributed by atoms with E-state index in [1.54, 1.807) is 24.0 Å². The predicted octanol–water partition coefficient (Wildman–Crippen LogP) is 4.08. The largest absolute Gasteiger partial charge is 0.351 e. The summed E-state index contributed by atoms with van der Waals surface area (Å²) in [6.45, 7) is 4.92. The van der Waals surface area contributed by atoms with Gasteiger partial charge in [-0.25, -0.2) is 9.18 Å². The smallest absolute Gasteiger partial charge is 0.321 e. The van der Waals surface area contributed by atoms with E-state index in [4.69, 9.17) is 0 Å². The van der Waals surface area contributed by atoms with E-state index in [-0.39, 0.29) is 17.8 Å². The summed E-state index contributed by atoms with van der Waals surface area (Å²) in [6, 6.07) is 14.0. The van der Waals surface area contributed by atoms with E-state index in [1.165, 1.54) is 6.07 Å². The van der Waals surface area contributed by atoms with Crippen molar-refractivity contribution in [3.8, 4) is 0 Å². The summed E-state index contributed by atoms with van der Waals surface area (Å²) in [5.41, 5.74) is 1.32. The third-order valence-electron chi connectivity index (χ3n) is 5.25. The highest BCUT2D eigenvalue weighted by Gasteiger charge is 2.39. The number of benzene rings is 2. The lowest BCUT2D eigenvalue weighted by atomic mass is 9.81. The van der Waals surface area contributed by atoms with Crippen LogP contribution >= 0.6 is 0 Å². The van der Waals surface area contributed by atoms with Crippen LogP contribution in [0.25, 0.3) is 0 Å². The average Bonchev–Trinajstić information content (AvgIpc) is 2.69. The van der Waals surface area contributed by atoms with E-state index in [0.29, 0.717) is 30.9 Å². The molecule has 1 aliphatic heterocycles. The van der Waals surface area contributed by atoms with Crippen LogP contribution in [-0.2, 0) is 11.3 Å². The number of anilines is 1. The van der Waals surface area contributed by atoms with E-state index in [0.717, 1.165) is 18.4 Å². The van der Waals surface area contributed by atoms with Crippen LogP contribution in [0.4, 0.5) is 14.9 Å². The van der Waals surface area contributed by atoms with Gasteiger partial charge in [-0.1, -0.05) is 36.4 Å². The molecule has 0 bridgehead atoms. The average molecular weight is 383 g/mol. The first-order chi connectivity index (χ1) is 13.4. The molecule has 1 fully saturated rings. The number of nitrogens with one attached hydrogen (secondary N) is 2. The van der Waals surface area contributed by atoms with Crippen LogP contribution in [0.2, 0.25) is 0 Å². The Morgan fingerprint density at radius 1 is 1.18 bits per heavy atom. The molecule has 6 heteroatoms. The second-order valence-corrected chi connectivity index (χ2v) is 7.65. The molecule has 0 unspecified atom stereocenters. The highest BCUT2D eigenvalue weighted by molar-refractivity contribution is 5.90. The standard InChI is InChI=1S/C22H26FN3O2/c1-16-9-10-18(13-19(16)23)25-21(28)26-12-6-11-22(2,15-26)20(27)24-14-17-7-4-3-5-8-17/h3-5,7-10,13H,6,11-12,14-15H2,1-2H3,(H,24,27)(H,25,28)/t22-/m0/s1. The maximum atomic E-state index is 13.7.